The van der Waals surface area contributed by atoms with Crippen molar-refractivity contribution in [2.45, 2.75) is 19.8 Å². The number of aromatic nitrogens is 1. The molecule has 3 nitrogen and oxygen atoms in total. The Morgan fingerprint density at radius 1 is 1.50 bits per heavy atom. The Morgan fingerprint density at radius 2 is 2.28 bits per heavy atom. The van der Waals surface area contributed by atoms with Crippen molar-refractivity contribution in [3.05, 3.63) is 40.0 Å². The van der Waals surface area contributed by atoms with Gasteiger partial charge < -0.3 is 5.11 Å². The van der Waals surface area contributed by atoms with Crippen LogP contribution in [0.2, 0.25) is 0 Å². The Balaban J connectivity index is 2.51. The van der Waals surface area contributed by atoms with Gasteiger partial charge in [-0.25, -0.2) is 14.2 Å². The zero-order chi connectivity index (χ0) is 13.1. The molecule has 0 amide bonds. The number of thiazole rings is 1. The van der Waals surface area contributed by atoms with Gasteiger partial charge in [-0.05, 0) is 25.0 Å². The van der Waals surface area contributed by atoms with Gasteiger partial charge in [-0.1, -0.05) is 19.1 Å². The van der Waals surface area contributed by atoms with Gasteiger partial charge in [0.05, 0.1) is 10.7 Å². The Bertz CT molecular complexity index is 580. The number of carboxylic acids is 1. The second-order valence-electron chi connectivity index (χ2n) is 3.85. The third-order valence-electron chi connectivity index (χ3n) is 2.43. The molecule has 1 aromatic heterocycles. The van der Waals surface area contributed by atoms with E-state index in [4.69, 9.17) is 5.11 Å². The molecule has 0 bridgehead atoms. The number of carbonyl (C=O) groups is 1. The fraction of sp³-hybridized carbons (Fsp3) is 0.231. The number of aryl methyl sites for hydroxylation is 1. The maximum atomic E-state index is 13.2. The molecule has 0 saturated heterocycles. The minimum Gasteiger partial charge on any atom is -0.477 e. The van der Waals surface area contributed by atoms with Crippen LogP contribution in [-0.2, 0) is 6.42 Å². The molecule has 1 heterocycles. The summed E-state index contributed by atoms with van der Waals surface area (Å²) in [5, 5.41) is 9.93. The number of benzene rings is 1. The van der Waals surface area contributed by atoms with Crippen LogP contribution < -0.4 is 0 Å². The van der Waals surface area contributed by atoms with Gasteiger partial charge in [0.1, 0.15) is 10.7 Å². The summed E-state index contributed by atoms with van der Waals surface area (Å²) in [4.78, 5) is 15.6. The molecule has 2 rings (SSSR count). The Kier molecular flexibility index (Phi) is 3.72. The second-order valence-corrected chi connectivity index (χ2v) is 4.93. The fourth-order valence-corrected chi connectivity index (χ4v) is 2.69. The standard InChI is InChI=1S/C13H12FNO2S/c1-2-4-10-15-11(12(18-10)13(16)17)8-5-3-6-9(14)7-8/h3,5-7H,2,4H2,1H3,(H,16,17). The summed E-state index contributed by atoms with van der Waals surface area (Å²) >= 11 is 1.16. The van der Waals surface area contributed by atoms with E-state index in [1.165, 1.54) is 12.1 Å². The first-order valence-electron chi connectivity index (χ1n) is 5.60. The minimum atomic E-state index is -1.02. The molecule has 0 fully saturated rings. The lowest BCUT2D eigenvalue weighted by Gasteiger charge is -1.98. The molecule has 0 aliphatic carbocycles. The molecular weight excluding hydrogens is 253 g/mol. The average Bonchev–Trinajstić information content (AvgIpc) is 2.74. The fourth-order valence-electron chi connectivity index (χ4n) is 1.66. The van der Waals surface area contributed by atoms with E-state index in [-0.39, 0.29) is 4.88 Å². The van der Waals surface area contributed by atoms with E-state index in [9.17, 15) is 9.18 Å². The number of carboxylic acid groups (broad SMARTS) is 1. The summed E-state index contributed by atoms with van der Waals surface area (Å²) in [6.45, 7) is 2.00. The molecule has 0 saturated carbocycles. The average molecular weight is 265 g/mol. The van der Waals surface area contributed by atoms with Crippen LogP contribution in [0.1, 0.15) is 28.0 Å². The maximum absolute atomic E-state index is 13.2. The summed E-state index contributed by atoms with van der Waals surface area (Å²) in [5.41, 5.74) is 0.862. The lowest BCUT2D eigenvalue weighted by molar-refractivity contribution is 0.0702. The first-order chi connectivity index (χ1) is 8.61. The normalized spacial score (nSPS) is 10.6. The second kappa shape index (κ2) is 5.27. The summed E-state index contributed by atoms with van der Waals surface area (Å²) in [5.74, 6) is -1.41. The van der Waals surface area contributed by atoms with Crippen molar-refractivity contribution in [2.75, 3.05) is 0 Å². The monoisotopic (exact) mass is 265 g/mol. The smallest absolute Gasteiger partial charge is 0.348 e. The molecular formula is C13H12FNO2S. The molecule has 2 aromatic rings. The molecule has 1 N–H and O–H groups in total. The largest absolute Gasteiger partial charge is 0.477 e. The van der Waals surface area contributed by atoms with Crippen LogP contribution in [0.3, 0.4) is 0 Å². The molecule has 0 radical (unpaired) electrons. The number of aromatic carboxylic acids is 1. The lowest BCUT2D eigenvalue weighted by atomic mass is 10.1. The van der Waals surface area contributed by atoms with Gasteiger partial charge in [-0.3, -0.25) is 0 Å². The van der Waals surface area contributed by atoms with Gasteiger partial charge >= 0.3 is 5.97 Å². The van der Waals surface area contributed by atoms with Crippen LogP contribution in [-0.4, -0.2) is 16.1 Å². The van der Waals surface area contributed by atoms with E-state index in [1.54, 1.807) is 12.1 Å². The Hall–Kier alpha value is -1.75. The van der Waals surface area contributed by atoms with Crippen molar-refractivity contribution in [2.24, 2.45) is 0 Å². The van der Waals surface area contributed by atoms with Crippen LogP contribution in [0, 0.1) is 5.82 Å². The van der Waals surface area contributed by atoms with E-state index >= 15 is 0 Å². The SMILES string of the molecule is CCCc1nc(-c2cccc(F)c2)c(C(=O)O)s1. The zero-order valence-corrected chi connectivity index (χ0v) is 10.6. The van der Waals surface area contributed by atoms with Crippen molar-refractivity contribution in [1.82, 2.24) is 4.98 Å². The van der Waals surface area contributed by atoms with Gasteiger partial charge in [0, 0.05) is 5.56 Å². The van der Waals surface area contributed by atoms with Crippen molar-refractivity contribution in [1.29, 1.82) is 0 Å². The predicted octanol–water partition coefficient (Wildman–Crippen LogP) is 3.60. The van der Waals surface area contributed by atoms with E-state index in [0.717, 1.165) is 29.2 Å². The van der Waals surface area contributed by atoms with Crippen LogP contribution in [0.5, 0.6) is 0 Å². The zero-order valence-electron chi connectivity index (χ0n) is 9.81. The van der Waals surface area contributed by atoms with Crippen molar-refractivity contribution in [3.8, 4) is 11.3 Å². The third-order valence-corrected chi connectivity index (χ3v) is 3.53. The molecule has 1 aromatic carbocycles. The van der Waals surface area contributed by atoms with Crippen LogP contribution in [0.25, 0.3) is 11.3 Å². The number of nitrogens with zero attached hydrogens (tertiary/aromatic N) is 1. The lowest BCUT2D eigenvalue weighted by Crippen LogP contribution is -1.95. The minimum absolute atomic E-state index is 0.170. The molecule has 0 unspecified atom stereocenters. The summed E-state index contributed by atoms with van der Waals surface area (Å²) in [7, 11) is 0. The van der Waals surface area contributed by atoms with Gasteiger partial charge in [-0.2, -0.15) is 0 Å². The van der Waals surface area contributed by atoms with Gasteiger partial charge in [0.2, 0.25) is 0 Å². The van der Waals surface area contributed by atoms with E-state index in [0.29, 0.717) is 11.3 Å². The maximum Gasteiger partial charge on any atom is 0.348 e. The van der Waals surface area contributed by atoms with Crippen LogP contribution in [0.4, 0.5) is 4.39 Å². The van der Waals surface area contributed by atoms with Crippen molar-refractivity contribution >= 4 is 17.3 Å². The predicted molar refractivity (Wildman–Crippen MR) is 68.5 cm³/mol. The molecule has 5 heteroatoms. The van der Waals surface area contributed by atoms with Gasteiger partial charge in [-0.15, -0.1) is 11.3 Å². The molecule has 18 heavy (non-hydrogen) atoms. The first kappa shape index (κ1) is 12.7. The number of rotatable bonds is 4. The third kappa shape index (κ3) is 2.56. The quantitative estimate of drug-likeness (QED) is 0.918. The summed E-state index contributed by atoms with van der Waals surface area (Å²) < 4.78 is 13.2. The van der Waals surface area contributed by atoms with E-state index < -0.39 is 11.8 Å². The van der Waals surface area contributed by atoms with Crippen molar-refractivity contribution in [3.63, 3.8) is 0 Å². The highest BCUT2D eigenvalue weighted by Gasteiger charge is 2.18. The van der Waals surface area contributed by atoms with Crippen LogP contribution in [0.15, 0.2) is 24.3 Å². The van der Waals surface area contributed by atoms with E-state index in [2.05, 4.69) is 4.98 Å². The highest BCUT2D eigenvalue weighted by Crippen LogP contribution is 2.29. The topological polar surface area (TPSA) is 50.2 Å². The molecule has 0 spiro atoms. The summed E-state index contributed by atoms with van der Waals surface area (Å²) in [6, 6.07) is 5.84. The number of halogens is 1. The van der Waals surface area contributed by atoms with Crippen LogP contribution >= 0.6 is 11.3 Å². The van der Waals surface area contributed by atoms with Crippen molar-refractivity contribution < 1.29 is 14.3 Å². The first-order valence-corrected chi connectivity index (χ1v) is 6.42. The summed E-state index contributed by atoms with van der Waals surface area (Å²) in [6.07, 6.45) is 1.63. The highest BCUT2D eigenvalue weighted by molar-refractivity contribution is 7.14. The molecule has 94 valence electrons. The van der Waals surface area contributed by atoms with Gasteiger partial charge in [0.25, 0.3) is 0 Å². The van der Waals surface area contributed by atoms with Gasteiger partial charge in [0.15, 0.2) is 0 Å². The highest BCUT2D eigenvalue weighted by atomic mass is 32.1. The molecule has 0 atom stereocenters. The molecule has 0 aliphatic rings. The number of hydrogen-bond acceptors (Lipinski definition) is 3. The van der Waals surface area contributed by atoms with E-state index in [1.807, 2.05) is 6.92 Å². The number of hydrogen-bond donors (Lipinski definition) is 1. The Labute approximate surface area is 108 Å². The molecule has 0 aliphatic heterocycles. The Morgan fingerprint density at radius 3 is 2.89 bits per heavy atom.